The maximum absolute atomic E-state index is 12.3. The maximum atomic E-state index is 12.3. The zero-order valence-electron chi connectivity index (χ0n) is 14.0. The molecule has 4 nitrogen and oxygen atoms in total. The normalized spacial score (nSPS) is 12.0. The molecular weight excluding hydrogens is 288 g/mol. The van der Waals surface area contributed by atoms with Crippen LogP contribution in [0.25, 0.3) is 0 Å². The highest BCUT2D eigenvalue weighted by Gasteiger charge is 2.22. The zero-order chi connectivity index (χ0) is 16.7. The second-order valence-corrected chi connectivity index (χ2v) is 5.93. The Labute approximate surface area is 137 Å². The quantitative estimate of drug-likeness (QED) is 0.851. The Hall–Kier alpha value is -2.36. The van der Waals surface area contributed by atoms with E-state index >= 15 is 0 Å². The number of aromatic nitrogens is 1. The van der Waals surface area contributed by atoms with Gasteiger partial charge in [-0.05, 0) is 35.1 Å². The highest BCUT2D eigenvalue weighted by atomic mass is 16.5. The summed E-state index contributed by atoms with van der Waals surface area (Å²) in [6, 6.07) is 11.7. The van der Waals surface area contributed by atoms with Crippen molar-refractivity contribution in [2.24, 2.45) is 5.92 Å². The lowest BCUT2D eigenvalue weighted by molar-refractivity contribution is -0.121. The molecule has 1 aromatic carbocycles. The van der Waals surface area contributed by atoms with Gasteiger partial charge in [0.15, 0.2) is 0 Å². The van der Waals surface area contributed by atoms with Crippen molar-refractivity contribution in [3.63, 3.8) is 0 Å². The third kappa shape index (κ3) is 4.81. The summed E-state index contributed by atoms with van der Waals surface area (Å²) in [6.07, 6.45) is 3.93. The van der Waals surface area contributed by atoms with Crippen molar-refractivity contribution in [3.8, 4) is 5.75 Å². The van der Waals surface area contributed by atoms with Crippen LogP contribution in [0.5, 0.6) is 5.75 Å². The number of rotatable bonds is 7. The van der Waals surface area contributed by atoms with E-state index in [1.54, 1.807) is 19.5 Å². The van der Waals surface area contributed by atoms with E-state index in [0.717, 1.165) is 16.9 Å². The molecule has 0 aliphatic carbocycles. The van der Waals surface area contributed by atoms with Crippen molar-refractivity contribution in [2.45, 2.75) is 32.7 Å². The first kappa shape index (κ1) is 17.0. The van der Waals surface area contributed by atoms with E-state index in [0.29, 0.717) is 18.9 Å². The molecule has 1 N–H and O–H groups in total. The molecule has 122 valence electrons. The molecule has 1 aromatic heterocycles. The Kier molecular flexibility index (Phi) is 6.15. The van der Waals surface area contributed by atoms with Gasteiger partial charge in [0.1, 0.15) is 5.75 Å². The molecule has 2 rings (SSSR count). The smallest absolute Gasteiger partial charge is 0.220 e. The number of carbonyl (C=O) groups excluding carboxylic acids is 1. The summed E-state index contributed by atoms with van der Waals surface area (Å²) in [5.41, 5.74) is 2.08. The minimum atomic E-state index is 0.0402. The fourth-order valence-corrected chi connectivity index (χ4v) is 2.65. The second-order valence-electron chi connectivity index (χ2n) is 5.93. The van der Waals surface area contributed by atoms with E-state index in [2.05, 4.69) is 24.1 Å². The van der Waals surface area contributed by atoms with Crippen LogP contribution in [0.1, 0.15) is 37.3 Å². The highest BCUT2D eigenvalue weighted by Crippen LogP contribution is 2.34. The largest absolute Gasteiger partial charge is 0.496 e. The molecule has 0 radical (unpaired) electrons. The summed E-state index contributed by atoms with van der Waals surface area (Å²) < 4.78 is 5.45. The SMILES string of the molecule is COc1ccccc1C(CC(=O)NCc1cccnc1)C(C)C. The van der Waals surface area contributed by atoms with Gasteiger partial charge in [0, 0.05) is 25.4 Å². The van der Waals surface area contributed by atoms with Crippen molar-refractivity contribution in [1.29, 1.82) is 0 Å². The Bertz CT molecular complexity index is 626. The van der Waals surface area contributed by atoms with Gasteiger partial charge in [-0.2, -0.15) is 0 Å². The van der Waals surface area contributed by atoms with Gasteiger partial charge in [-0.25, -0.2) is 0 Å². The molecule has 0 saturated carbocycles. The minimum absolute atomic E-state index is 0.0402. The molecule has 1 unspecified atom stereocenters. The third-order valence-electron chi connectivity index (χ3n) is 3.96. The van der Waals surface area contributed by atoms with Crippen LogP contribution in [0.2, 0.25) is 0 Å². The van der Waals surface area contributed by atoms with Crippen LogP contribution in [0.4, 0.5) is 0 Å². The van der Waals surface area contributed by atoms with Crippen molar-refractivity contribution in [1.82, 2.24) is 10.3 Å². The molecule has 2 aromatic rings. The van der Waals surface area contributed by atoms with E-state index in [1.807, 2.05) is 36.4 Å². The minimum Gasteiger partial charge on any atom is -0.496 e. The molecule has 1 heterocycles. The van der Waals surface area contributed by atoms with Gasteiger partial charge in [0.05, 0.1) is 7.11 Å². The van der Waals surface area contributed by atoms with Crippen LogP contribution in [0.3, 0.4) is 0 Å². The number of nitrogens with one attached hydrogen (secondary N) is 1. The predicted molar refractivity (Wildman–Crippen MR) is 91.3 cm³/mol. The first-order valence-electron chi connectivity index (χ1n) is 7.90. The molecule has 0 fully saturated rings. The second kappa shape index (κ2) is 8.32. The fraction of sp³-hybridized carbons (Fsp3) is 0.368. The standard InChI is InChI=1S/C19H24N2O2/c1-14(2)17(16-8-4-5-9-18(16)23-3)11-19(22)21-13-15-7-6-10-20-12-15/h4-10,12,14,17H,11,13H2,1-3H3,(H,21,22). The maximum Gasteiger partial charge on any atom is 0.220 e. The van der Waals surface area contributed by atoms with E-state index in [4.69, 9.17) is 4.74 Å². The van der Waals surface area contributed by atoms with E-state index in [9.17, 15) is 4.79 Å². The number of para-hydroxylation sites is 1. The van der Waals surface area contributed by atoms with Crippen LogP contribution >= 0.6 is 0 Å². The van der Waals surface area contributed by atoms with Crippen LogP contribution in [0.15, 0.2) is 48.8 Å². The van der Waals surface area contributed by atoms with E-state index < -0.39 is 0 Å². The Morgan fingerprint density at radius 3 is 2.65 bits per heavy atom. The topological polar surface area (TPSA) is 51.2 Å². The summed E-state index contributed by atoms with van der Waals surface area (Å²) in [5, 5.41) is 2.97. The number of benzene rings is 1. The Morgan fingerprint density at radius 2 is 2.00 bits per heavy atom. The number of nitrogens with zero attached hydrogens (tertiary/aromatic N) is 1. The van der Waals surface area contributed by atoms with Crippen LogP contribution < -0.4 is 10.1 Å². The number of hydrogen-bond donors (Lipinski definition) is 1. The van der Waals surface area contributed by atoms with E-state index in [1.165, 1.54) is 0 Å². The van der Waals surface area contributed by atoms with Crippen LogP contribution in [0, 0.1) is 5.92 Å². The van der Waals surface area contributed by atoms with Crippen molar-refractivity contribution >= 4 is 5.91 Å². The molecule has 0 saturated heterocycles. The number of methoxy groups -OCH3 is 1. The van der Waals surface area contributed by atoms with Gasteiger partial charge in [-0.15, -0.1) is 0 Å². The summed E-state index contributed by atoms with van der Waals surface area (Å²) in [5.74, 6) is 1.35. The lowest BCUT2D eigenvalue weighted by Crippen LogP contribution is -2.26. The Morgan fingerprint density at radius 1 is 1.22 bits per heavy atom. The first-order chi connectivity index (χ1) is 11.1. The van der Waals surface area contributed by atoms with Crippen molar-refractivity contribution < 1.29 is 9.53 Å². The monoisotopic (exact) mass is 312 g/mol. The van der Waals surface area contributed by atoms with E-state index in [-0.39, 0.29) is 11.8 Å². The van der Waals surface area contributed by atoms with Gasteiger partial charge in [0.2, 0.25) is 5.91 Å². The van der Waals surface area contributed by atoms with Gasteiger partial charge in [-0.3, -0.25) is 9.78 Å². The fourth-order valence-electron chi connectivity index (χ4n) is 2.65. The average Bonchev–Trinajstić information content (AvgIpc) is 2.58. The number of carbonyl (C=O) groups is 1. The van der Waals surface area contributed by atoms with Gasteiger partial charge in [0.25, 0.3) is 0 Å². The number of amides is 1. The van der Waals surface area contributed by atoms with Gasteiger partial charge in [-0.1, -0.05) is 38.1 Å². The molecule has 0 aliphatic heterocycles. The summed E-state index contributed by atoms with van der Waals surface area (Å²) in [6.45, 7) is 4.76. The number of pyridine rings is 1. The molecule has 4 heteroatoms. The molecule has 0 spiro atoms. The zero-order valence-corrected chi connectivity index (χ0v) is 14.0. The average molecular weight is 312 g/mol. The van der Waals surface area contributed by atoms with Gasteiger partial charge < -0.3 is 10.1 Å². The molecular formula is C19H24N2O2. The van der Waals surface area contributed by atoms with Crippen LogP contribution in [-0.2, 0) is 11.3 Å². The summed E-state index contributed by atoms with van der Waals surface area (Å²) in [7, 11) is 1.67. The van der Waals surface area contributed by atoms with Crippen molar-refractivity contribution in [2.75, 3.05) is 7.11 Å². The van der Waals surface area contributed by atoms with Crippen molar-refractivity contribution in [3.05, 3.63) is 59.9 Å². The Balaban J connectivity index is 2.03. The summed E-state index contributed by atoms with van der Waals surface area (Å²) in [4.78, 5) is 16.4. The number of ether oxygens (including phenoxy) is 1. The predicted octanol–water partition coefficient (Wildman–Crippen LogP) is 3.54. The number of hydrogen-bond acceptors (Lipinski definition) is 3. The van der Waals surface area contributed by atoms with Gasteiger partial charge >= 0.3 is 0 Å². The molecule has 23 heavy (non-hydrogen) atoms. The molecule has 0 bridgehead atoms. The first-order valence-corrected chi connectivity index (χ1v) is 7.90. The highest BCUT2D eigenvalue weighted by molar-refractivity contribution is 5.77. The summed E-state index contributed by atoms with van der Waals surface area (Å²) >= 11 is 0. The third-order valence-corrected chi connectivity index (χ3v) is 3.96. The molecule has 1 atom stereocenters. The van der Waals surface area contributed by atoms with Crippen LogP contribution in [-0.4, -0.2) is 18.0 Å². The molecule has 1 amide bonds. The lowest BCUT2D eigenvalue weighted by atomic mass is 9.85. The molecule has 0 aliphatic rings. The lowest BCUT2D eigenvalue weighted by Gasteiger charge is -2.23.